The molecule has 0 unspecified atom stereocenters. The van der Waals surface area contributed by atoms with Gasteiger partial charge in [-0.3, -0.25) is 4.79 Å². The molecule has 0 saturated carbocycles. The van der Waals surface area contributed by atoms with Gasteiger partial charge in [0.1, 0.15) is 6.33 Å². The minimum atomic E-state index is -0.214. The summed E-state index contributed by atoms with van der Waals surface area (Å²) in [5.41, 5.74) is 2.92. The van der Waals surface area contributed by atoms with E-state index in [4.69, 9.17) is 0 Å². The molecule has 0 atom stereocenters. The monoisotopic (exact) mass is 308 g/mol. The Balaban J connectivity index is 1.84. The topological polar surface area (TPSA) is 75.9 Å². The molecule has 0 aliphatic rings. The van der Waals surface area contributed by atoms with Gasteiger partial charge in [0.05, 0.1) is 11.3 Å². The third-order valence-electron chi connectivity index (χ3n) is 3.39. The molecule has 2 aromatic carbocycles. The zero-order chi connectivity index (χ0) is 16.2. The molecule has 0 saturated heterocycles. The normalized spacial score (nSPS) is 10.3. The number of hydrogen-bond acceptors (Lipinski definition) is 5. The van der Waals surface area contributed by atoms with E-state index in [2.05, 4.69) is 20.8 Å². The molecule has 0 aliphatic carbocycles. The lowest BCUT2D eigenvalue weighted by atomic mass is 10.1. The predicted octanol–water partition coefficient (Wildman–Crippen LogP) is 1.98. The lowest BCUT2D eigenvalue weighted by Gasteiger charge is -2.13. The number of benzene rings is 2. The molecule has 1 amide bonds. The third-order valence-corrected chi connectivity index (χ3v) is 3.39. The minimum Gasteiger partial charge on any atom is -0.378 e. The minimum absolute atomic E-state index is 0.214. The number of nitrogens with zero attached hydrogens (tertiary/aromatic N) is 5. The van der Waals surface area contributed by atoms with Crippen molar-refractivity contribution in [3.8, 4) is 5.69 Å². The van der Waals surface area contributed by atoms with Crippen molar-refractivity contribution in [1.29, 1.82) is 0 Å². The van der Waals surface area contributed by atoms with Crippen LogP contribution in [0, 0.1) is 0 Å². The first-order valence-corrected chi connectivity index (χ1v) is 7.06. The summed E-state index contributed by atoms with van der Waals surface area (Å²) < 4.78 is 1.46. The van der Waals surface area contributed by atoms with Gasteiger partial charge in [-0.05, 0) is 46.8 Å². The summed E-state index contributed by atoms with van der Waals surface area (Å²) >= 11 is 0. The Morgan fingerprint density at radius 3 is 2.48 bits per heavy atom. The summed E-state index contributed by atoms with van der Waals surface area (Å²) in [7, 11) is 3.94. The standard InChI is InChI=1S/C16H16N6O/c1-21(2)13-9-7-12(8-10-13)18-16(23)14-5-3-4-6-15(14)22-11-17-19-20-22/h3-11H,1-2H3,(H,18,23). The van der Waals surface area contributed by atoms with Gasteiger partial charge in [0.2, 0.25) is 0 Å². The number of rotatable bonds is 4. The number of para-hydroxylation sites is 1. The molecule has 23 heavy (non-hydrogen) atoms. The first kappa shape index (κ1) is 14.7. The number of tetrazole rings is 1. The number of nitrogens with one attached hydrogen (secondary N) is 1. The molecular weight excluding hydrogens is 292 g/mol. The smallest absolute Gasteiger partial charge is 0.257 e. The Bertz CT molecular complexity index is 796. The van der Waals surface area contributed by atoms with Crippen LogP contribution in [0.15, 0.2) is 54.9 Å². The Hall–Kier alpha value is -3.22. The molecule has 1 heterocycles. The molecule has 0 aliphatic heterocycles. The van der Waals surface area contributed by atoms with Gasteiger partial charge in [-0.15, -0.1) is 5.10 Å². The highest BCUT2D eigenvalue weighted by Crippen LogP contribution is 2.18. The van der Waals surface area contributed by atoms with Gasteiger partial charge < -0.3 is 10.2 Å². The Morgan fingerprint density at radius 2 is 1.83 bits per heavy atom. The molecule has 3 aromatic rings. The van der Waals surface area contributed by atoms with Gasteiger partial charge in [-0.2, -0.15) is 4.68 Å². The fourth-order valence-corrected chi connectivity index (χ4v) is 2.18. The van der Waals surface area contributed by atoms with Crippen molar-refractivity contribution in [1.82, 2.24) is 20.2 Å². The Labute approximate surface area is 133 Å². The molecule has 0 spiro atoms. The summed E-state index contributed by atoms with van der Waals surface area (Å²) in [6.07, 6.45) is 1.46. The van der Waals surface area contributed by atoms with Crippen LogP contribution in [0.1, 0.15) is 10.4 Å². The maximum atomic E-state index is 12.5. The summed E-state index contributed by atoms with van der Waals surface area (Å²) in [4.78, 5) is 14.5. The highest BCUT2D eigenvalue weighted by atomic mass is 16.1. The third kappa shape index (κ3) is 3.18. The molecule has 116 valence electrons. The Morgan fingerprint density at radius 1 is 1.09 bits per heavy atom. The van der Waals surface area contributed by atoms with E-state index >= 15 is 0 Å². The average Bonchev–Trinajstić information content (AvgIpc) is 3.09. The zero-order valence-corrected chi connectivity index (χ0v) is 12.8. The summed E-state index contributed by atoms with van der Waals surface area (Å²) in [5, 5.41) is 13.9. The molecule has 0 radical (unpaired) electrons. The molecule has 0 bridgehead atoms. The maximum Gasteiger partial charge on any atom is 0.257 e. The summed E-state index contributed by atoms with van der Waals surface area (Å²) in [6.45, 7) is 0. The van der Waals surface area contributed by atoms with E-state index < -0.39 is 0 Å². The van der Waals surface area contributed by atoms with Gasteiger partial charge in [-0.25, -0.2) is 0 Å². The van der Waals surface area contributed by atoms with E-state index in [-0.39, 0.29) is 5.91 Å². The number of carbonyl (C=O) groups excluding carboxylic acids is 1. The molecule has 7 heteroatoms. The second kappa shape index (κ2) is 6.27. The van der Waals surface area contributed by atoms with Crippen LogP contribution in [0.25, 0.3) is 5.69 Å². The SMILES string of the molecule is CN(C)c1ccc(NC(=O)c2ccccc2-n2cnnn2)cc1. The van der Waals surface area contributed by atoms with Gasteiger partial charge in [0, 0.05) is 25.5 Å². The average molecular weight is 308 g/mol. The number of amides is 1. The largest absolute Gasteiger partial charge is 0.378 e. The van der Waals surface area contributed by atoms with Crippen LogP contribution in [-0.2, 0) is 0 Å². The van der Waals surface area contributed by atoms with Crippen LogP contribution >= 0.6 is 0 Å². The predicted molar refractivity (Wildman–Crippen MR) is 87.9 cm³/mol. The van der Waals surface area contributed by atoms with Crippen molar-refractivity contribution in [2.24, 2.45) is 0 Å². The van der Waals surface area contributed by atoms with Crippen LogP contribution < -0.4 is 10.2 Å². The van der Waals surface area contributed by atoms with Crippen molar-refractivity contribution in [3.63, 3.8) is 0 Å². The van der Waals surface area contributed by atoms with Crippen LogP contribution in [0.3, 0.4) is 0 Å². The maximum absolute atomic E-state index is 12.5. The van der Waals surface area contributed by atoms with Crippen molar-refractivity contribution in [2.75, 3.05) is 24.3 Å². The van der Waals surface area contributed by atoms with Crippen LogP contribution in [0.2, 0.25) is 0 Å². The van der Waals surface area contributed by atoms with Crippen LogP contribution in [0.4, 0.5) is 11.4 Å². The van der Waals surface area contributed by atoms with Gasteiger partial charge in [0.15, 0.2) is 0 Å². The van der Waals surface area contributed by atoms with Crippen molar-refractivity contribution < 1.29 is 4.79 Å². The van der Waals surface area contributed by atoms with Crippen molar-refractivity contribution in [2.45, 2.75) is 0 Å². The van der Waals surface area contributed by atoms with Gasteiger partial charge in [0.25, 0.3) is 5.91 Å². The fourth-order valence-electron chi connectivity index (χ4n) is 2.18. The lowest BCUT2D eigenvalue weighted by molar-refractivity contribution is 0.102. The second-order valence-corrected chi connectivity index (χ2v) is 5.17. The molecule has 3 rings (SSSR count). The Kier molecular flexibility index (Phi) is 4.01. The second-order valence-electron chi connectivity index (χ2n) is 5.17. The molecule has 1 N–H and O–H groups in total. The number of anilines is 2. The zero-order valence-electron chi connectivity index (χ0n) is 12.8. The molecule has 0 fully saturated rings. The number of hydrogen-bond donors (Lipinski definition) is 1. The van der Waals surface area contributed by atoms with Crippen molar-refractivity contribution in [3.05, 3.63) is 60.4 Å². The summed E-state index contributed by atoms with van der Waals surface area (Å²) in [6, 6.07) is 14.8. The first-order chi connectivity index (χ1) is 11.1. The molecule has 1 aromatic heterocycles. The quantitative estimate of drug-likeness (QED) is 0.797. The van der Waals surface area contributed by atoms with E-state index in [1.807, 2.05) is 49.3 Å². The first-order valence-electron chi connectivity index (χ1n) is 7.06. The van der Waals surface area contributed by atoms with Gasteiger partial charge >= 0.3 is 0 Å². The van der Waals surface area contributed by atoms with Crippen molar-refractivity contribution >= 4 is 17.3 Å². The molecular formula is C16H16N6O. The molecule has 7 nitrogen and oxygen atoms in total. The van der Waals surface area contributed by atoms with E-state index in [0.717, 1.165) is 11.4 Å². The highest BCUT2D eigenvalue weighted by Gasteiger charge is 2.13. The number of aromatic nitrogens is 4. The lowest BCUT2D eigenvalue weighted by Crippen LogP contribution is -2.15. The van der Waals surface area contributed by atoms with Gasteiger partial charge in [-0.1, -0.05) is 12.1 Å². The van der Waals surface area contributed by atoms with E-state index in [0.29, 0.717) is 11.3 Å². The number of carbonyl (C=O) groups is 1. The van der Waals surface area contributed by atoms with E-state index in [1.54, 1.807) is 18.2 Å². The van der Waals surface area contributed by atoms with Crippen LogP contribution in [-0.4, -0.2) is 40.2 Å². The van der Waals surface area contributed by atoms with Crippen LogP contribution in [0.5, 0.6) is 0 Å². The highest BCUT2D eigenvalue weighted by molar-refractivity contribution is 6.06. The van der Waals surface area contributed by atoms with E-state index in [1.165, 1.54) is 11.0 Å². The fraction of sp³-hybridized carbons (Fsp3) is 0.125. The summed E-state index contributed by atoms with van der Waals surface area (Å²) in [5.74, 6) is -0.214. The van der Waals surface area contributed by atoms with E-state index in [9.17, 15) is 4.79 Å².